The van der Waals surface area contributed by atoms with E-state index in [-0.39, 0.29) is 24.0 Å². The summed E-state index contributed by atoms with van der Waals surface area (Å²) < 4.78 is 11.2. The van der Waals surface area contributed by atoms with E-state index >= 15 is 0 Å². The third-order valence-corrected chi connectivity index (χ3v) is 6.09. The molecule has 31 heavy (non-hydrogen) atoms. The van der Waals surface area contributed by atoms with Gasteiger partial charge in [-0.2, -0.15) is 0 Å². The molecule has 2 aliphatic rings. The molecule has 0 spiro atoms. The summed E-state index contributed by atoms with van der Waals surface area (Å²) in [6.07, 6.45) is 7.25. The minimum absolute atomic E-state index is 0. The number of benzene rings is 1. The Balaban J connectivity index is 0.00000341. The summed E-state index contributed by atoms with van der Waals surface area (Å²) in [5, 5.41) is 3.46. The number of aliphatic imine (C=N–C) groups is 1. The number of hydrogen-bond donors (Lipinski definition) is 1. The molecule has 1 N–H and O–H groups in total. The minimum Gasteiger partial charge on any atom is -0.381 e. The quantitative estimate of drug-likeness (QED) is 0.219. The van der Waals surface area contributed by atoms with E-state index in [2.05, 4.69) is 51.4 Å². The van der Waals surface area contributed by atoms with Crippen LogP contribution < -0.4 is 10.2 Å². The molecule has 0 aliphatic carbocycles. The largest absolute Gasteiger partial charge is 0.381 e. The monoisotopic (exact) mass is 544 g/mol. The Labute approximate surface area is 205 Å². The molecule has 0 unspecified atom stereocenters. The molecule has 0 atom stereocenters. The summed E-state index contributed by atoms with van der Waals surface area (Å²) in [6.45, 7) is 7.54. The molecule has 0 saturated carbocycles. The third-order valence-electron chi connectivity index (χ3n) is 6.09. The maximum atomic E-state index is 5.85. The first-order chi connectivity index (χ1) is 14.8. The van der Waals surface area contributed by atoms with Gasteiger partial charge in [0.1, 0.15) is 0 Å². The van der Waals surface area contributed by atoms with Gasteiger partial charge >= 0.3 is 0 Å². The molecule has 176 valence electrons. The summed E-state index contributed by atoms with van der Waals surface area (Å²) in [5.41, 5.74) is 2.66. The van der Waals surface area contributed by atoms with Crippen LogP contribution in [0.4, 0.5) is 5.69 Å². The van der Waals surface area contributed by atoms with Crippen molar-refractivity contribution in [1.82, 2.24) is 10.2 Å². The van der Waals surface area contributed by atoms with Crippen LogP contribution in [0, 0.1) is 5.92 Å². The zero-order chi connectivity index (χ0) is 21.0. The second-order valence-corrected chi connectivity index (χ2v) is 8.53. The average molecular weight is 545 g/mol. The topological polar surface area (TPSA) is 49.3 Å². The fourth-order valence-electron chi connectivity index (χ4n) is 4.24. The molecule has 2 heterocycles. The van der Waals surface area contributed by atoms with Gasteiger partial charge in [0.2, 0.25) is 0 Å². The second-order valence-electron chi connectivity index (χ2n) is 8.53. The molecule has 2 saturated heterocycles. The lowest BCUT2D eigenvalue weighted by molar-refractivity contribution is 0.0203. The number of halogens is 1. The molecular formula is C24H41IN4O2. The van der Waals surface area contributed by atoms with Crippen LogP contribution in [0.25, 0.3) is 0 Å². The van der Waals surface area contributed by atoms with Crippen molar-refractivity contribution >= 4 is 35.6 Å². The van der Waals surface area contributed by atoms with Gasteiger partial charge in [-0.1, -0.05) is 12.1 Å². The normalized spacial score (nSPS) is 17.9. The average Bonchev–Trinajstić information content (AvgIpc) is 2.80. The van der Waals surface area contributed by atoms with Gasteiger partial charge in [0.15, 0.2) is 5.96 Å². The van der Waals surface area contributed by atoms with Gasteiger partial charge in [-0.15, -0.1) is 24.0 Å². The molecular weight excluding hydrogens is 503 g/mol. The van der Waals surface area contributed by atoms with E-state index in [9.17, 15) is 0 Å². The van der Waals surface area contributed by atoms with E-state index < -0.39 is 0 Å². The highest BCUT2D eigenvalue weighted by Crippen LogP contribution is 2.20. The van der Waals surface area contributed by atoms with Gasteiger partial charge in [0.25, 0.3) is 0 Å². The van der Waals surface area contributed by atoms with Crippen LogP contribution in [-0.4, -0.2) is 71.0 Å². The van der Waals surface area contributed by atoms with Gasteiger partial charge in [-0.3, -0.25) is 4.99 Å². The van der Waals surface area contributed by atoms with Crippen molar-refractivity contribution in [3.05, 3.63) is 29.8 Å². The number of guanidine groups is 1. The van der Waals surface area contributed by atoms with Crippen LogP contribution in [0.2, 0.25) is 0 Å². The summed E-state index contributed by atoms with van der Waals surface area (Å²) in [5.74, 6) is 1.60. The maximum absolute atomic E-state index is 5.85. The van der Waals surface area contributed by atoms with Crippen LogP contribution in [0.5, 0.6) is 0 Å². The Morgan fingerprint density at radius 3 is 2.55 bits per heavy atom. The Hall–Kier alpha value is -1.06. The van der Waals surface area contributed by atoms with Crippen molar-refractivity contribution in [3.63, 3.8) is 0 Å². The summed E-state index contributed by atoms with van der Waals surface area (Å²) >= 11 is 0. The van der Waals surface area contributed by atoms with Crippen molar-refractivity contribution < 1.29 is 9.47 Å². The SMILES string of the molecule is CN=C(NCCCOCC1CCOCC1)N(C)Cc1ccc(N2CCCCC2)cc1.I. The minimum atomic E-state index is 0. The lowest BCUT2D eigenvalue weighted by Crippen LogP contribution is -2.39. The van der Waals surface area contributed by atoms with Crippen LogP contribution in [0.3, 0.4) is 0 Å². The first-order valence-corrected chi connectivity index (χ1v) is 11.7. The Kier molecular flexibility index (Phi) is 12.6. The highest BCUT2D eigenvalue weighted by atomic mass is 127. The summed E-state index contributed by atoms with van der Waals surface area (Å²) in [6, 6.07) is 9.02. The van der Waals surface area contributed by atoms with E-state index in [1.807, 2.05) is 7.05 Å². The first kappa shape index (κ1) is 26.2. The van der Waals surface area contributed by atoms with Crippen molar-refractivity contribution in [2.75, 3.05) is 65.1 Å². The number of nitrogens with one attached hydrogen (secondary N) is 1. The molecule has 0 bridgehead atoms. The second kappa shape index (κ2) is 14.9. The van der Waals surface area contributed by atoms with Gasteiger partial charge in [0, 0.05) is 72.4 Å². The van der Waals surface area contributed by atoms with Gasteiger partial charge in [-0.25, -0.2) is 0 Å². The van der Waals surface area contributed by atoms with Crippen molar-refractivity contribution in [1.29, 1.82) is 0 Å². The highest BCUT2D eigenvalue weighted by Gasteiger charge is 2.14. The molecule has 0 amide bonds. The van der Waals surface area contributed by atoms with E-state index in [1.54, 1.807) is 0 Å². The maximum Gasteiger partial charge on any atom is 0.193 e. The van der Waals surface area contributed by atoms with Crippen LogP contribution >= 0.6 is 24.0 Å². The van der Waals surface area contributed by atoms with Gasteiger partial charge in [-0.05, 0) is 62.1 Å². The molecule has 7 heteroatoms. The molecule has 6 nitrogen and oxygen atoms in total. The zero-order valence-electron chi connectivity index (χ0n) is 19.4. The van der Waals surface area contributed by atoms with Crippen molar-refractivity contribution in [2.24, 2.45) is 10.9 Å². The van der Waals surface area contributed by atoms with Gasteiger partial charge in [0.05, 0.1) is 0 Å². The molecule has 1 aromatic rings. The van der Waals surface area contributed by atoms with E-state index in [0.717, 1.165) is 64.7 Å². The fraction of sp³-hybridized carbons (Fsp3) is 0.708. The summed E-state index contributed by atoms with van der Waals surface area (Å²) in [4.78, 5) is 9.12. The molecule has 1 aromatic carbocycles. The third kappa shape index (κ3) is 9.14. The number of anilines is 1. The highest BCUT2D eigenvalue weighted by molar-refractivity contribution is 14.0. The number of hydrogen-bond acceptors (Lipinski definition) is 4. The van der Waals surface area contributed by atoms with Crippen molar-refractivity contribution in [2.45, 2.75) is 45.1 Å². The molecule has 2 aliphatic heterocycles. The van der Waals surface area contributed by atoms with Gasteiger partial charge < -0.3 is 24.6 Å². The smallest absolute Gasteiger partial charge is 0.193 e. The molecule has 0 radical (unpaired) electrons. The van der Waals surface area contributed by atoms with Crippen LogP contribution in [0.15, 0.2) is 29.3 Å². The van der Waals surface area contributed by atoms with Crippen molar-refractivity contribution in [3.8, 4) is 0 Å². The van der Waals surface area contributed by atoms with Crippen LogP contribution in [0.1, 0.15) is 44.1 Å². The predicted molar refractivity (Wildman–Crippen MR) is 140 cm³/mol. The Bertz CT molecular complexity index is 629. The van der Waals surface area contributed by atoms with Crippen LogP contribution in [-0.2, 0) is 16.0 Å². The number of ether oxygens (including phenoxy) is 2. The molecule has 3 rings (SSSR count). The van der Waals surface area contributed by atoms with E-state index in [0.29, 0.717) is 5.92 Å². The summed E-state index contributed by atoms with van der Waals surface area (Å²) in [7, 11) is 3.94. The number of piperidine rings is 1. The molecule has 2 fully saturated rings. The lowest BCUT2D eigenvalue weighted by atomic mass is 10.0. The predicted octanol–water partition coefficient (Wildman–Crippen LogP) is 4.14. The van der Waals surface area contributed by atoms with E-state index in [4.69, 9.17) is 9.47 Å². The molecule has 0 aromatic heterocycles. The Morgan fingerprint density at radius 2 is 1.87 bits per heavy atom. The Morgan fingerprint density at radius 1 is 1.16 bits per heavy atom. The number of rotatable bonds is 9. The standard InChI is InChI=1S/C24H40N4O2.HI/c1-25-24(26-13-6-16-30-20-22-11-17-29-18-12-22)27(2)19-21-7-9-23(10-8-21)28-14-4-3-5-15-28;/h7-10,22H,3-6,11-20H2,1-2H3,(H,25,26);1H. The van der Waals surface area contributed by atoms with E-state index in [1.165, 1.54) is 43.6 Å². The zero-order valence-corrected chi connectivity index (χ0v) is 21.7. The number of nitrogens with zero attached hydrogens (tertiary/aromatic N) is 3. The fourth-order valence-corrected chi connectivity index (χ4v) is 4.24. The first-order valence-electron chi connectivity index (χ1n) is 11.7. The lowest BCUT2D eigenvalue weighted by Gasteiger charge is -2.29.